The van der Waals surface area contributed by atoms with Crippen molar-refractivity contribution in [1.82, 2.24) is 0 Å². The van der Waals surface area contributed by atoms with Crippen molar-refractivity contribution >= 4 is 29.2 Å². The van der Waals surface area contributed by atoms with E-state index in [9.17, 15) is 18.8 Å². The number of carbonyl (C=O) groups is 3. The zero-order valence-corrected chi connectivity index (χ0v) is 14.7. The Hall–Kier alpha value is -3.22. The summed E-state index contributed by atoms with van der Waals surface area (Å²) in [6.45, 7) is 1.93. The second-order valence-corrected chi connectivity index (χ2v) is 6.20. The normalized spacial score (nSPS) is 17.7. The third-order valence-electron chi connectivity index (χ3n) is 4.26. The highest BCUT2D eigenvalue weighted by Gasteiger charge is 2.48. The third kappa shape index (κ3) is 4.49. The van der Waals surface area contributed by atoms with Crippen LogP contribution in [0.3, 0.4) is 0 Å². The highest BCUT2D eigenvalue weighted by atomic mass is 19.1. The molecule has 2 aromatic rings. The van der Waals surface area contributed by atoms with E-state index < -0.39 is 23.6 Å². The maximum absolute atomic E-state index is 12.9. The van der Waals surface area contributed by atoms with Crippen LogP contribution in [0.25, 0.3) is 0 Å². The lowest BCUT2D eigenvalue weighted by molar-refractivity contribution is -0.122. The second-order valence-electron chi connectivity index (χ2n) is 6.20. The van der Waals surface area contributed by atoms with Gasteiger partial charge in [0.05, 0.1) is 29.7 Å². The summed E-state index contributed by atoms with van der Waals surface area (Å²) < 4.78 is 17.9. The van der Waals surface area contributed by atoms with Gasteiger partial charge in [-0.25, -0.2) is 9.18 Å². The minimum absolute atomic E-state index is 0.232. The number of amides is 2. The summed E-state index contributed by atoms with van der Waals surface area (Å²) in [4.78, 5) is 36.6. The van der Waals surface area contributed by atoms with Gasteiger partial charge in [-0.2, -0.15) is 0 Å². The number of carbonyl (C=O) groups excluding carboxylic acids is 3. The molecule has 0 saturated heterocycles. The predicted octanol–water partition coefficient (Wildman–Crippen LogP) is 3.22. The molecule has 2 atom stereocenters. The Bertz CT molecular complexity index is 867. The van der Waals surface area contributed by atoms with Crippen molar-refractivity contribution in [1.29, 1.82) is 0 Å². The van der Waals surface area contributed by atoms with E-state index in [1.54, 1.807) is 31.2 Å². The average molecular weight is 370 g/mol. The summed E-state index contributed by atoms with van der Waals surface area (Å²) >= 11 is 0. The number of anilines is 2. The average Bonchev–Trinajstić information content (AvgIpc) is 3.45. The number of halogens is 1. The van der Waals surface area contributed by atoms with E-state index in [0.717, 1.165) is 0 Å². The first-order valence-corrected chi connectivity index (χ1v) is 8.63. The van der Waals surface area contributed by atoms with Crippen molar-refractivity contribution in [3.8, 4) is 0 Å². The van der Waals surface area contributed by atoms with Crippen molar-refractivity contribution in [3.63, 3.8) is 0 Å². The van der Waals surface area contributed by atoms with Gasteiger partial charge in [0, 0.05) is 5.69 Å². The van der Waals surface area contributed by atoms with Crippen LogP contribution in [0.4, 0.5) is 15.8 Å². The van der Waals surface area contributed by atoms with E-state index in [1.165, 1.54) is 24.3 Å². The lowest BCUT2D eigenvalue weighted by atomic mass is 10.1. The topological polar surface area (TPSA) is 84.5 Å². The molecule has 2 unspecified atom stereocenters. The van der Waals surface area contributed by atoms with Crippen LogP contribution in [0.5, 0.6) is 0 Å². The van der Waals surface area contributed by atoms with Gasteiger partial charge in [0.2, 0.25) is 11.8 Å². The van der Waals surface area contributed by atoms with Gasteiger partial charge in [-0.05, 0) is 49.7 Å². The van der Waals surface area contributed by atoms with Crippen molar-refractivity contribution < 1.29 is 23.5 Å². The van der Waals surface area contributed by atoms with Gasteiger partial charge >= 0.3 is 5.97 Å². The van der Waals surface area contributed by atoms with Crippen LogP contribution in [-0.2, 0) is 14.3 Å². The highest BCUT2D eigenvalue weighted by molar-refractivity contribution is 6.06. The van der Waals surface area contributed by atoms with Crippen LogP contribution in [0.15, 0.2) is 48.5 Å². The van der Waals surface area contributed by atoms with Crippen LogP contribution >= 0.6 is 0 Å². The number of para-hydroxylation sites is 1. The molecule has 2 N–H and O–H groups in total. The molecule has 27 heavy (non-hydrogen) atoms. The van der Waals surface area contributed by atoms with Crippen LogP contribution < -0.4 is 10.6 Å². The van der Waals surface area contributed by atoms with Gasteiger partial charge in [-0.3, -0.25) is 9.59 Å². The third-order valence-corrected chi connectivity index (χ3v) is 4.26. The molecule has 0 heterocycles. The molecule has 6 nitrogen and oxygen atoms in total. The summed E-state index contributed by atoms with van der Waals surface area (Å²) in [5.74, 6) is -2.45. The number of rotatable bonds is 6. The van der Waals surface area contributed by atoms with Crippen LogP contribution in [0.1, 0.15) is 23.7 Å². The minimum atomic E-state index is -0.519. The molecule has 0 radical (unpaired) electrons. The van der Waals surface area contributed by atoms with Gasteiger partial charge in [-0.1, -0.05) is 12.1 Å². The molecule has 0 spiro atoms. The molecule has 7 heteroatoms. The fraction of sp³-hybridized carbons (Fsp3) is 0.250. The van der Waals surface area contributed by atoms with Gasteiger partial charge in [0.15, 0.2) is 0 Å². The molecule has 140 valence electrons. The zero-order valence-electron chi connectivity index (χ0n) is 14.7. The van der Waals surface area contributed by atoms with Crippen LogP contribution in [-0.4, -0.2) is 24.4 Å². The SMILES string of the molecule is CCOC(=O)c1ccccc1NC(=O)C1CC1C(=O)Nc1ccc(F)cc1. The Balaban J connectivity index is 1.60. The fourth-order valence-electron chi connectivity index (χ4n) is 2.75. The molecule has 1 fully saturated rings. The van der Waals surface area contributed by atoms with E-state index >= 15 is 0 Å². The maximum atomic E-state index is 12.9. The Morgan fingerprint density at radius 3 is 2.30 bits per heavy atom. The van der Waals surface area contributed by atoms with E-state index in [-0.39, 0.29) is 24.0 Å². The first-order valence-electron chi connectivity index (χ1n) is 8.63. The molecule has 2 amide bonds. The van der Waals surface area contributed by atoms with Crippen molar-refractivity contribution in [2.24, 2.45) is 11.8 Å². The smallest absolute Gasteiger partial charge is 0.340 e. The maximum Gasteiger partial charge on any atom is 0.340 e. The summed E-state index contributed by atoms with van der Waals surface area (Å²) in [6, 6.07) is 12.0. The number of nitrogens with one attached hydrogen (secondary N) is 2. The molecular weight excluding hydrogens is 351 g/mol. The lowest BCUT2D eigenvalue weighted by Gasteiger charge is -2.10. The van der Waals surface area contributed by atoms with Gasteiger partial charge in [0.25, 0.3) is 0 Å². The molecule has 1 saturated carbocycles. The quantitative estimate of drug-likeness (QED) is 0.765. The fourth-order valence-corrected chi connectivity index (χ4v) is 2.75. The molecule has 2 aromatic carbocycles. The predicted molar refractivity (Wildman–Crippen MR) is 97.7 cm³/mol. The van der Waals surface area contributed by atoms with Gasteiger partial charge < -0.3 is 15.4 Å². The number of esters is 1. The van der Waals surface area contributed by atoms with E-state index in [1.807, 2.05) is 0 Å². The van der Waals surface area contributed by atoms with Gasteiger partial charge in [-0.15, -0.1) is 0 Å². The number of ether oxygens (including phenoxy) is 1. The Labute approximate surface area is 155 Å². The number of hydrogen-bond donors (Lipinski definition) is 2. The van der Waals surface area contributed by atoms with Crippen molar-refractivity contribution in [2.75, 3.05) is 17.2 Å². The molecule has 0 aromatic heterocycles. The molecular formula is C20H19FN2O4. The first kappa shape index (κ1) is 18.6. The van der Waals surface area contributed by atoms with E-state index in [2.05, 4.69) is 10.6 Å². The van der Waals surface area contributed by atoms with E-state index in [0.29, 0.717) is 17.8 Å². The Morgan fingerprint density at radius 1 is 1.00 bits per heavy atom. The molecule has 0 bridgehead atoms. The largest absolute Gasteiger partial charge is 0.462 e. The second kappa shape index (κ2) is 7.99. The Kier molecular flexibility index (Phi) is 5.49. The summed E-state index contributed by atoms with van der Waals surface area (Å²) in [5, 5.41) is 5.37. The lowest BCUT2D eigenvalue weighted by Crippen LogP contribution is -2.21. The number of hydrogen-bond acceptors (Lipinski definition) is 4. The summed E-state index contributed by atoms with van der Waals surface area (Å²) in [7, 11) is 0. The Morgan fingerprint density at radius 2 is 1.63 bits per heavy atom. The van der Waals surface area contributed by atoms with Crippen LogP contribution in [0.2, 0.25) is 0 Å². The highest BCUT2D eigenvalue weighted by Crippen LogP contribution is 2.40. The molecule has 1 aliphatic rings. The summed E-state index contributed by atoms with van der Waals surface area (Å²) in [5.41, 5.74) is 1.09. The minimum Gasteiger partial charge on any atom is -0.462 e. The standard InChI is InChI=1S/C20H19FN2O4/c1-2-27-20(26)14-5-3-4-6-17(14)23-19(25)16-11-15(16)18(24)22-13-9-7-12(21)8-10-13/h3-10,15-16H,2,11H2,1H3,(H,22,24)(H,23,25). The van der Waals surface area contributed by atoms with Gasteiger partial charge in [0.1, 0.15) is 5.82 Å². The summed E-state index contributed by atoms with van der Waals surface area (Å²) in [6.07, 6.45) is 0.417. The van der Waals surface area contributed by atoms with E-state index in [4.69, 9.17) is 4.74 Å². The first-order chi connectivity index (χ1) is 13.0. The van der Waals surface area contributed by atoms with Crippen molar-refractivity contribution in [2.45, 2.75) is 13.3 Å². The molecule has 0 aliphatic heterocycles. The van der Waals surface area contributed by atoms with Crippen LogP contribution in [0, 0.1) is 17.7 Å². The monoisotopic (exact) mass is 370 g/mol. The van der Waals surface area contributed by atoms with Crippen molar-refractivity contribution in [3.05, 3.63) is 59.9 Å². The zero-order chi connectivity index (χ0) is 19.4. The number of benzene rings is 2. The molecule has 3 rings (SSSR count). The molecule has 1 aliphatic carbocycles.